The molecule has 3 heterocycles. The number of hydrogen-bond donors (Lipinski definition) is 2. The fraction of sp³-hybridized carbons (Fsp3) is 0.750. The van der Waals surface area contributed by atoms with Gasteiger partial charge in [0.2, 0.25) is 5.91 Å². The Morgan fingerprint density at radius 2 is 1.90 bits per heavy atom. The zero-order valence-corrected chi connectivity index (χ0v) is 17.8. The van der Waals surface area contributed by atoms with Gasteiger partial charge >= 0.3 is 6.16 Å². The van der Waals surface area contributed by atoms with Crippen molar-refractivity contribution in [2.24, 2.45) is 0 Å². The van der Waals surface area contributed by atoms with Crippen molar-refractivity contribution >= 4 is 18.0 Å². The van der Waals surface area contributed by atoms with Crippen LogP contribution in [-0.2, 0) is 24.0 Å². The molecule has 2 amide bonds. The molecular weight excluding hydrogens is 392 g/mol. The Balaban J connectivity index is 1.44. The molecule has 3 aliphatic rings. The Labute approximate surface area is 176 Å². The van der Waals surface area contributed by atoms with Gasteiger partial charge in [-0.25, -0.2) is 4.79 Å². The fourth-order valence-corrected chi connectivity index (χ4v) is 3.95. The predicted molar refractivity (Wildman–Crippen MR) is 107 cm³/mol. The van der Waals surface area contributed by atoms with E-state index in [0.717, 1.165) is 6.42 Å². The summed E-state index contributed by atoms with van der Waals surface area (Å²) < 4.78 is 4.77. The fourth-order valence-electron chi connectivity index (χ4n) is 3.95. The average molecular weight is 424 g/mol. The first-order valence-corrected chi connectivity index (χ1v) is 10.8. The third kappa shape index (κ3) is 5.63. The first kappa shape index (κ1) is 22.4. The van der Waals surface area contributed by atoms with E-state index in [4.69, 9.17) is 14.4 Å². The number of hydrogen-bond acceptors (Lipinski definition) is 8. The number of piperidine rings is 2. The number of carbonyl (C=O) groups excluding carboxylic acids is 3. The third-order valence-corrected chi connectivity index (χ3v) is 5.70. The lowest BCUT2D eigenvalue weighted by atomic mass is 9.90. The molecule has 0 unspecified atom stereocenters. The van der Waals surface area contributed by atoms with Gasteiger partial charge in [-0.1, -0.05) is 6.92 Å². The molecule has 0 aromatic heterocycles. The van der Waals surface area contributed by atoms with Gasteiger partial charge in [0, 0.05) is 51.5 Å². The van der Waals surface area contributed by atoms with Crippen LogP contribution in [0.3, 0.4) is 0 Å². The van der Waals surface area contributed by atoms with Crippen LogP contribution in [0, 0.1) is 0 Å². The van der Waals surface area contributed by atoms with Gasteiger partial charge in [0.1, 0.15) is 11.3 Å². The number of hydroxylamine groups is 3. The standard InChI is InChI=1S/C20H32N4O6/c1-3-5-17(25)23-12-8-20(9-13-23)14-16(22-30-20)18(26)21-15-6-10-24(11-7-15)29-19(27)28-4-2/h14-15,22H,3-13H2,1-2H3,(H,21,26). The van der Waals surface area contributed by atoms with Crippen molar-refractivity contribution in [3.63, 3.8) is 0 Å². The number of ether oxygens (including phenoxy) is 1. The maximum Gasteiger partial charge on any atom is 0.527 e. The minimum absolute atomic E-state index is 0.00712. The SMILES string of the molecule is CCCC(=O)N1CCC2(C=C(C(=O)NC3CCN(OC(=O)OCC)CC3)NO2)CC1. The lowest BCUT2D eigenvalue weighted by molar-refractivity contribution is -0.141. The summed E-state index contributed by atoms with van der Waals surface area (Å²) in [6.45, 7) is 6.30. The summed E-state index contributed by atoms with van der Waals surface area (Å²) in [7, 11) is 0. The van der Waals surface area contributed by atoms with Crippen LogP contribution >= 0.6 is 0 Å². The molecule has 10 heteroatoms. The van der Waals surface area contributed by atoms with E-state index in [1.54, 1.807) is 12.0 Å². The highest BCUT2D eigenvalue weighted by atomic mass is 16.8. The van der Waals surface area contributed by atoms with Crippen LogP contribution in [0.4, 0.5) is 4.79 Å². The predicted octanol–water partition coefficient (Wildman–Crippen LogP) is 1.24. The topological polar surface area (TPSA) is 109 Å². The first-order chi connectivity index (χ1) is 14.4. The summed E-state index contributed by atoms with van der Waals surface area (Å²) in [5.41, 5.74) is 2.65. The van der Waals surface area contributed by atoms with Crippen molar-refractivity contribution in [3.05, 3.63) is 11.8 Å². The van der Waals surface area contributed by atoms with Crippen molar-refractivity contribution < 1.29 is 28.8 Å². The molecule has 0 saturated carbocycles. The molecule has 0 atom stereocenters. The number of rotatable bonds is 6. The number of nitrogens with zero attached hydrogens (tertiary/aromatic N) is 2. The maximum absolute atomic E-state index is 12.6. The molecule has 3 rings (SSSR count). The average Bonchev–Trinajstić information content (AvgIpc) is 3.14. The quantitative estimate of drug-likeness (QED) is 0.613. The number of nitrogens with one attached hydrogen (secondary N) is 2. The van der Waals surface area contributed by atoms with Gasteiger partial charge < -0.3 is 19.8 Å². The molecule has 3 aliphatic heterocycles. The molecule has 2 saturated heterocycles. The molecule has 2 fully saturated rings. The van der Waals surface area contributed by atoms with Crippen LogP contribution < -0.4 is 10.8 Å². The molecule has 2 N–H and O–H groups in total. The van der Waals surface area contributed by atoms with Crippen LogP contribution in [0.5, 0.6) is 0 Å². The lowest BCUT2D eigenvalue weighted by Gasteiger charge is -2.36. The van der Waals surface area contributed by atoms with Gasteiger partial charge in [-0.05, 0) is 32.3 Å². The molecule has 0 bridgehead atoms. The van der Waals surface area contributed by atoms with Gasteiger partial charge in [-0.2, -0.15) is 0 Å². The van der Waals surface area contributed by atoms with E-state index in [1.165, 1.54) is 0 Å². The normalized spacial score (nSPS) is 21.7. The molecule has 10 nitrogen and oxygen atoms in total. The Bertz CT molecular complexity index is 666. The lowest BCUT2D eigenvalue weighted by Crippen LogP contribution is -2.46. The smallest absolute Gasteiger partial charge is 0.433 e. The zero-order valence-electron chi connectivity index (χ0n) is 17.8. The Kier molecular flexibility index (Phi) is 7.54. The van der Waals surface area contributed by atoms with Gasteiger partial charge in [0.15, 0.2) is 0 Å². The molecule has 0 radical (unpaired) electrons. The number of amides is 2. The van der Waals surface area contributed by atoms with Gasteiger partial charge in [-0.3, -0.25) is 19.9 Å². The molecular formula is C20H32N4O6. The largest absolute Gasteiger partial charge is 0.527 e. The van der Waals surface area contributed by atoms with Crippen LogP contribution in [0.1, 0.15) is 52.4 Å². The van der Waals surface area contributed by atoms with E-state index in [9.17, 15) is 14.4 Å². The summed E-state index contributed by atoms with van der Waals surface area (Å²) in [6.07, 6.45) is 5.22. The Hall–Kier alpha value is -2.33. The highest BCUT2D eigenvalue weighted by Gasteiger charge is 2.41. The van der Waals surface area contributed by atoms with E-state index >= 15 is 0 Å². The van der Waals surface area contributed by atoms with Gasteiger partial charge in [0.25, 0.3) is 5.91 Å². The van der Waals surface area contributed by atoms with E-state index in [1.807, 2.05) is 17.9 Å². The highest BCUT2D eigenvalue weighted by molar-refractivity contribution is 5.93. The summed E-state index contributed by atoms with van der Waals surface area (Å²) in [5, 5.41) is 4.57. The van der Waals surface area contributed by atoms with E-state index in [0.29, 0.717) is 64.0 Å². The Morgan fingerprint density at radius 3 is 2.53 bits per heavy atom. The second-order valence-electron chi connectivity index (χ2n) is 7.91. The monoisotopic (exact) mass is 424 g/mol. The minimum atomic E-state index is -0.704. The van der Waals surface area contributed by atoms with Crippen LogP contribution in [0.25, 0.3) is 0 Å². The molecule has 0 aromatic carbocycles. The minimum Gasteiger partial charge on any atom is -0.433 e. The molecule has 0 aromatic rings. The van der Waals surface area contributed by atoms with Crippen LogP contribution in [0.15, 0.2) is 11.8 Å². The summed E-state index contributed by atoms with van der Waals surface area (Å²) in [4.78, 5) is 48.8. The highest BCUT2D eigenvalue weighted by Crippen LogP contribution is 2.32. The molecule has 30 heavy (non-hydrogen) atoms. The van der Waals surface area contributed by atoms with Gasteiger partial charge in [0.05, 0.1) is 6.61 Å². The van der Waals surface area contributed by atoms with Crippen molar-refractivity contribution in [3.8, 4) is 0 Å². The number of likely N-dealkylation sites (tertiary alicyclic amines) is 1. The van der Waals surface area contributed by atoms with Crippen molar-refractivity contribution in [1.29, 1.82) is 0 Å². The second-order valence-corrected chi connectivity index (χ2v) is 7.91. The third-order valence-electron chi connectivity index (χ3n) is 5.70. The zero-order chi connectivity index (χ0) is 21.6. The molecule has 1 spiro atoms. The van der Waals surface area contributed by atoms with Gasteiger partial charge in [-0.15, -0.1) is 5.06 Å². The molecule has 168 valence electrons. The Morgan fingerprint density at radius 1 is 1.20 bits per heavy atom. The maximum atomic E-state index is 12.6. The van der Waals surface area contributed by atoms with Crippen molar-refractivity contribution in [2.45, 2.75) is 64.0 Å². The van der Waals surface area contributed by atoms with Crippen LogP contribution in [0.2, 0.25) is 0 Å². The summed E-state index contributed by atoms with van der Waals surface area (Å²) in [6, 6.07) is -0.00712. The molecule has 0 aliphatic carbocycles. The van der Waals surface area contributed by atoms with E-state index < -0.39 is 11.8 Å². The van der Waals surface area contributed by atoms with E-state index in [-0.39, 0.29) is 24.5 Å². The van der Waals surface area contributed by atoms with Crippen molar-refractivity contribution in [2.75, 3.05) is 32.8 Å². The number of carbonyl (C=O) groups is 3. The second kappa shape index (κ2) is 10.1. The summed E-state index contributed by atoms with van der Waals surface area (Å²) in [5.74, 6) is -0.0281. The summed E-state index contributed by atoms with van der Waals surface area (Å²) >= 11 is 0. The van der Waals surface area contributed by atoms with Crippen molar-refractivity contribution in [1.82, 2.24) is 20.8 Å². The first-order valence-electron chi connectivity index (χ1n) is 10.8. The van der Waals surface area contributed by atoms with Crippen LogP contribution in [-0.4, -0.2) is 72.4 Å². The van der Waals surface area contributed by atoms with E-state index in [2.05, 4.69) is 10.8 Å².